The zero-order valence-electron chi connectivity index (χ0n) is 14.6. The molecule has 0 saturated heterocycles. The lowest BCUT2D eigenvalue weighted by molar-refractivity contribution is 0.631. The highest BCUT2D eigenvalue weighted by atomic mass is 32.1. The molecule has 0 aromatic carbocycles. The van der Waals surface area contributed by atoms with Crippen molar-refractivity contribution in [2.45, 2.75) is 13.0 Å². The lowest BCUT2D eigenvalue weighted by Crippen LogP contribution is -2.24. The lowest BCUT2D eigenvalue weighted by atomic mass is 10.2. The Morgan fingerprint density at radius 3 is 3.07 bits per heavy atom. The molecule has 0 bridgehead atoms. The third-order valence-corrected chi connectivity index (χ3v) is 5.74. The topological polar surface area (TPSA) is 93.4 Å². The lowest BCUT2D eigenvalue weighted by Gasteiger charge is -2.09. The Kier molecular flexibility index (Phi) is 3.68. The van der Waals surface area contributed by atoms with Crippen LogP contribution in [0, 0.1) is 0 Å². The quantitative estimate of drug-likeness (QED) is 0.563. The largest absolute Gasteiger partial charge is 0.385 e. The van der Waals surface area contributed by atoms with Crippen molar-refractivity contribution >= 4 is 32.6 Å². The second kappa shape index (κ2) is 6.20. The number of nitrogens with one attached hydrogen (secondary N) is 2. The van der Waals surface area contributed by atoms with Crippen molar-refractivity contribution in [1.82, 2.24) is 34.8 Å². The fraction of sp³-hybridized carbons (Fsp3) is 0.222. The standard InChI is InChI=1S/C18H17N7OS/c1-24-15-13(9-21-25(18(15)26)10-12-5-7-20-23-12)16-17(24)22-14(27-16)8-11-4-2-3-6-19-11/h2-5,7,9,19H,6,8,10H2,1H3,(H,20,23). The smallest absolute Gasteiger partial charge is 0.291 e. The summed E-state index contributed by atoms with van der Waals surface area (Å²) in [5.74, 6) is 0. The molecule has 5 heterocycles. The Bertz CT molecular complexity index is 1260. The summed E-state index contributed by atoms with van der Waals surface area (Å²) >= 11 is 1.62. The molecule has 0 saturated carbocycles. The van der Waals surface area contributed by atoms with Crippen LogP contribution in [0.2, 0.25) is 0 Å². The van der Waals surface area contributed by atoms with Crippen LogP contribution in [0.25, 0.3) is 21.3 Å². The first kappa shape index (κ1) is 16.0. The van der Waals surface area contributed by atoms with Crippen LogP contribution in [0.15, 0.2) is 47.2 Å². The third kappa shape index (κ3) is 2.67. The fourth-order valence-corrected chi connectivity index (χ4v) is 4.47. The highest BCUT2D eigenvalue weighted by Gasteiger charge is 2.19. The molecular weight excluding hydrogens is 362 g/mol. The Hall–Kier alpha value is -3.20. The van der Waals surface area contributed by atoms with Gasteiger partial charge in [-0.2, -0.15) is 10.2 Å². The summed E-state index contributed by atoms with van der Waals surface area (Å²) < 4.78 is 4.32. The van der Waals surface area contributed by atoms with Crippen molar-refractivity contribution in [2.75, 3.05) is 6.54 Å². The molecule has 9 heteroatoms. The van der Waals surface area contributed by atoms with E-state index in [1.807, 2.05) is 17.7 Å². The number of H-pyrrole nitrogens is 1. The van der Waals surface area contributed by atoms with Crippen LogP contribution in [-0.4, -0.2) is 36.1 Å². The Morgan fingerprint density at radius 2 is 2.30 bits per heavy atom. The molecule has 0 amide bonds. The minimum absolute atomic E-state index is 0.133. The van der Waals surface area contributed by atoms with Crippen LogP contribution < -0.4 is 10.9 Å². The summed E-state index contributed by atoms with van der Waals surface area (Å²) in [4.78, 5) is 17.7. The molecule has 1 aliphatic heterocycles. The number of thiazole rings is 1. The summed E-state index contributed by atoms with van der Waals surface area (Å²) in [5.41, 5.74) is 3.24. The van der Waals surface area contributed by atoms with Gasteiger partial charge in [-0.3, -0.25) is 9.89 Å². The molecular formula is C18H17N7OS. The Balaban J connectivity index is 1.58. The highest BCUT2D eigenvalue weighted by molar-refractivity contribution is 7.19. The molecule has 136 valence electrons. The van der Waals surface area contributed by atoms with Crippen molar-refractivity contribution in [3.8, 4) is 0 Å². The average Bonchev–Trinajstić information content (AvgIpc) is 3.38. The maximum atomic E-state index is 12.9. The minimum atomic E-state index is -0.133. The van der Waals surface area contributed by atoms with E-state index < -0.39 is 0 Å². The Morgan fingerprint density at radius 1 is 1.37 bits per heavy atom. The molecule has 0 atom stereocenters. The zero-order valence-corrected chi connectivity index (χ0v) is 15.5. The second-order valence-electron chi connectivity index (χ2n) is 6.43. The first-order chi connectivity index (χ1) is 13.2. The van der Waals surface area contributed by atoms with E-state index in [1.54, 1.807) is 23.7 Å². The van der Waals surface area contributed by atoms with Crippen molar-refractivity contribution in [2.24, 2.45) is 7.05 Å². The van der Waals surface area contributed by atoms with Gasteiger partial charge in [-0.1, -0.05) is 12.2 Å². The predicted octanol–water partition coefficient (Wildman–Crippen LogP) is 1.70. The van der Waals surface area contributed by atoms with Crippen molar-refractivity contribution < 1.29 is 0 Å². The van der Waals surface area contributed by atoms with Crippen LogP contribution in [-0.2, 0) is 20.0 Å². The van der Waals surface area contributed by atoms with Gasteiger partial charge in [0, 0.05) is 37.3 Å². The van der Waals surface area contributed by atoms with E-state index in [4.69, 9.17) is 4.98 Å². The van der Waals surface area contributed by atoms with E-state index in [9.17, 15) is 4.79 Å². The van der Waals surface area contributed by atoms with E-state index in [-0.39, 0.29) is 5.56 Å². The monoisotopic (exact) mass is 379 g/mol. The molecule has 8 nitrogen and oxygen atoms in total. The summed E-state index contributed by atoms with van der Waals surface area (Å²) in [6.45, 7) is 1.18. The number of aromatic nitrogens is 6. The van der Waals surface area contributed by atoms with Gasteiger partial charge < -0.3 is 9.88 Å². The molecule has 27 heavy (non-hydrogen) atoms. The normalized spacial score (nSPS) is 14.0. The Labute approximate surface area is 157 Å². The molecule has 0 fully saturated rings. The van der Waals surface area contributed by atoms with E-state index >= 15 is 0 Å². The van der Waals surface area contributed by atoms with E-state index in [1.165, 1.54) is 4.68 Å². The maximum absolute atomic E-state index is 12.9. The second-order valence-corrected chi connectivity index (χ2v) is 7.52. The van der Waals surface area contributed by atoms with Crippen LogP contribution in [0.3, 0.4) is 0 Å². The van der Waals surface area contributed by atoms with Crippen molar-refractivity contribution in [1.29, 1.82) is 0 Å². The van der Waals surface area contributed by atoms with Crippen LogP contribution >= 0.6 is 11.3 Å². The van der Waals surface area contributed by atoms with Crippen LogP contribution in [0.1, 0.15) is 10.7 Å². The van der Waals surface area contributed by atoms with Gasteiger partial charge in [0.05, 0.1) is 23.1 Å². The maximum Gasteiger partial charge on any atom is 0.291 e. The highest BCUT2D eigenvalue weighted by Crippen LogP contribution is 2.31. The van der Waals surface area contributed by atoms with Gasteiger partial charge >= 0.3 is 0 Å². The number of hydrogen-bond donors (Lipinski definition) is 2. The number of hydrogen-bond acceptors (Lipinski definition) is 6. The van der Waals surface area contributed by atoms with Crippen LogP contribution in [0.5, 0.6) is 0 Å². The molecule has 4 aromatic rings. The third-order valence-electron chi connectivity index (χ3n) is 4.66. The van der Waals surface area contributed by atoms with Gasteiger partial charge in [-0.25, -0.2) is 9.67 Å². The van der Waals surface area contributed by atoms with E-state index in [0.717, 1.165) is 45.1 Å². The van der Waals surface area contributed by atoms with Gasteiger partial charge in [-0.05, 0) is 12.1 Å². The van der Waals surface area contributed by atoms with Gasteiger partial charge in [0.1, 0.15) is 10.5 Å². The number of fused-ring (bicyclic) bond motifs is 3. The number of aromatic amines is 1. The average molecular weight is 379 g/mol. The molecule has 0 radical (unpaired) electrons. The number of aryl methyl sites for hydroxylation is 1. The van der Waals surface area contributed by atoms with Gasteiger partial charge in [0.2, 0.25) is 0 Å². The van der Waals surface area contributed by atoms with E-state index in [0.29, 0.717) is 12.1 Å². The number of nitrogens with zero attached hydrogens (tertiary/aromatic N) is 5. The van der Waals surface area contributed by atoms with E-state index in [2.05, 4.69) is 38.8 Å². The van der Waals surface area contributed by atoms with Crippen LogP contribution in [0.4, 0.5) is 0 Å². The first-order valence-electron chi connectivity index (χ1n) is 8.63. The SMILES string of the molecule is Cn1c2nc(CC3=CC=CCN3)sc2c2cnn(Cc3cc[nH]n3)c(=O)c21. The summed E-state index contributed by atoms with van der Waals surface area (Å²) in [6, 6.07) is 1.83. The zero-order chi connectivity index (χ0) is 18.4. The molecule has 4 aromatic heterocycles. The molecule has 0 unspecified atom stereocenters. The molecule has 0 spiro atoms. The summed E-state index contributed by atoms with van der Waals surface area (Å²) in [6.07, 6.45) is 10.5. The van der Waals surface area contributed by atoms with Crippen molar-refractivity contribution in [3.05, 3.63) is 63.4 Å². The van der Waals surface area contributed by atoms with Crippen molar-refractivity contribution in [3.63, 3.8) is 0 Å². The minimum Gasteiger partial charge on any atom is -0.385 e. The number of allylic oxidation sites excluding steroid dienone is 3. The molecule has 5 rings (SSSR count). The summed E-state index contributed by atoms with van der Waals surface area (Å²) in [7, 11) is 1.88. The summed E-state index contributed by atoms with van der Waals surface area (Å²) in [5, 5.41) is 16.4. The number of rotatable bonds is 4. The van der Waals surface area contributed by atoms with Gasteiger partial charge in [0.15, 0.2) is 5.65 Å². The van der Waals surface area contributed by atoms with Gasteiger partial charge in [-0.15, -0.1) is 11.3 Å². The predicted molar refractivity (Wildman–Crippen MR) is 105 cm³/mol. The first-order valence-corrected chi connectivity index (χ1v) is 9.44. The van der Waals surface area contributed by atoms with Gasteiger partial charge in [0.25, 0.3) is 5.56 Å². The fourth-order valence-electron chi connectivity index (χ4n) is 3.34. The molecule has 0 aliphatic carbocycles. The molecule has 2 N–H and O–H groups in total. The number of dihydropyridines is 1. The molecule has 1 aliphatic rings.